The number of rotatable bonds is 9. The summed E-state index contributed by atoms with van der Waals surface area (Å²) in [7, 11) is 1.63. The Bertz CT molecular complexity index is 1050. The highest BCUT2D eigenvalue weighted by atomic mass is 32.1. The molecule has 0 radical (unpaired) electrons. The smallest absolute Gasteiger partial charge is 0.191 e. The molecule has 0 heterocycles. The van der Waals surface area contributed by atoms with E-state index in [0.717, 1.165) is 34.1 Å². The monoisotopic (exact) mass is 449 g/mol. The Morgan fingerprint density at radius 3 is 2.25 bits per heavy atom. The van der Waals surface area contributed by atoms with Crippen molar-refractivity contribution in [3.8, 4) is 17.2 Å². The molecular formula is C25H27N3O3S. The second-order valence-electron chi connectivity index (χ2n) is 7.10. The Morgan fingerprint density at radius 1 is 0.875 bits per heavy atom. The fourth-order valence-corrected chi connectivity index (χ4v) is 3.01. The maximum absolute atomic E-state index is 5.91. The Hall–Kier alpha value is -3.58. The van der Waals surface area contributed by atoms with Gasteiger partial charge in [-0.15, -0.1) is 0 Å². The highest BCUT2D eigenvalue weighted by molar-refractivity contribution is 7.80. The van der Waals surface area contributed by atoms with Crippen molar-refractivity contribution in [3.63, 3.8) is 0 Å². The molecule has 3 aromatic carbocycles. The first-order valence-electron chi connectivity index (χ1n) is 10.2. The Balaban J connectivity index is 1.50. The van der Waals surface area contributed by atoms with Gasteiger partial charge in [0.15, 0.2) is 5.11 Å². The molecule has 0 aliphatic carbocycles. The normalized spacial score (nSPS) is 10.6. The van der Waals surface area contributed by atoms with Gasteiger partial charge in [-0.2, -0.15) is 5.10 Å². The molecule has 0 saturated heterocycles. The van der Waals surface area contributed by atoms with E-state index in [2.05, 4.69) is 15.8 Å². The van der Waals surface area contributed by atoms with Crippen LogP contribution in [0.1, 0.15) is 16.7 Å². The summed E-state index contributed by atoms with van der Waals surface area (Å²) in [5.74, 6) is 2.27. The number of aryl methyl sites for hydroxylation is 2. The largest absolute Gasteiger partial charge is 0.497 e. The van der Waals surface area contributed by atoms with Crippen LogP contribution in [0.25, 0.3) is 0 Å². The van der Waals surface area contributed by atoms with Gasteiger partial charge in [0, 0.05) is 11.3 Å². The number of benzene rings is 3. The number of anilines is 1. The first kappa shape index (κ1) is 23.1. The van der Waals surface area contributed by atoms with E-state index in [9.17, 15) is 0 Å². The lowest BCUT2D eigenvalue weighted by Crippen LogP contribution is -2.23. The second kappa shape index (κ2) is 11.7. The number of hydrogen-bond donors (Lipinski definition) is 2. The van der Waals surface area contributed by atoms with Crippen LogP contribution in [-0.4, -0.2) is 31.7 Å². The number of nitrogens with zero attached hydrogens (tertiary/aromatic N) is 1. The third kappa shape index (κ3) is 7.28. The number of methoxy groups -OCH3 is 1. The molecule has 0 atom stereocenters. The fraction of sp³-hybridized carbons (Fsp3) is 0.200. The molecule has 3 rings (SSSR count). The second-order valence-corrected chi connectivity index (χ2v) is 7.51. The molecule has 166 valence electrons. The van der Waals surface area contributed by atoms with Gasteiger partial charge in [0.05, 0.1) is 13.3 Å². The van der Waals surface area contributed by atoms with Gasteiger partial charge in [0.2, 0.25) is 0 Å². The van der Waals surface area contributed by atoms with Gasteiger partial charge in [0.1, 0.15) is 30.5 Å². The molecule has 0 unspecified atom stereocenters. The van der Waals surface area contributed by atoms with E-state index in [1.807, 2.05) is 80.6 Å². The molecule has 0 saturated carbocycles. The first-order valence-corrected chi connectivity index (χ1v) is 10.6. The van der Waals surface area contributed by atoms with Crippen LogP contribution in [-0.2, 0) is 0 Å². The van der Waals surface area contributed by atoms with Gasteiger partial charge < -0.3 is 19.5 Å². The quantitative estimate of drug-likeness (QED) is 0.205. The average molecular weight is 450 g/mol. The van der Waals surface area contributed by atoms with Crippen LogP contribution in [0.5, 0.6) is 17.2 Å². The summed E-state index contributed by atoms with van der Waals surface area (Å²) in [6.45, 7) is 4.87. The standard InChI is InChI=1S/C25H27N3O3S/c1-18-4-7-21(8-5-18)27-25(32)28-26-17-20-16-19(2)6-13-24(20)31-15-14-30-23-11-9-22(29-3)10-12-23/h4-13,16-17H,14-15H2,1-3H3,(H2,27,28,32). The predicted octanol–water partition coefficient (Wildman–Crippen LogP) is 5.09. The zero-order valence-electron chi connectivity index (χ0n) is 18.4. The average Bonchev–Trinajstić information content (AvgIpc) is 2.80. The van der Waals surface area contributed by atoms with Crippen molar-refractivity contribution in [1.29, 1.82) is 0 Å². The van der Waals surface area contributed by atoms with E-state index in [4.69, 9.17) is 26.4 Å². The lowest BCUT2D eigenvalue weighted by Gasteiger charge is -2.11. The topological polar surface area (TPSA) is 64.1 Å². The van der Waals surface area contributed by atoms with Crippen molar-refractivity contribution in [2.24, 2.45) is 5.10 Å². The van der Waals surface area contributed by atoms with E-state index in [0.29, 0.717) is 18.3 Å². The highest BCUT2D eigenvalue weighted by Gasteiger charge is 2.04. The van der Waals surface area contributed by atoms with Crippen molar-refractivity contribution in [2.45, 2.75) is 13.8 Å². The molecule has 7 heteroatoms. The molecule has 0 aromatic heterocycles. The third-order valence-electron chi connectivity index (χ3n) is 4.51. The van der Waals surface area contributed by atoms with Gasteiger partial charge in [-0.05, 0) is 74.6 Å². The summed E-state index contributed by atoms with van der Waals surface area (Å²) in [5.41, 5.74) is 6.88. The van der Waals surface area contributed by atoms with Gasteiger partial charge in [-0.3, -0.25) is 5.43 Å². The number of thiocarbonyl (C=S) groups is 1. The summed E-state index contributed by atoms with van der Waals surface area (Å²) in [6.07, 6.45) is 1.69. The minimum absolute atomic E-state index is 0.400. The van der Waals surface area contributed by atoms with E-state index in [1.54, 1.807) is 13.3 Å². The van der Waals surface area contributed by atoms with Crippen LogP contribution in [0.4, 0.5) is 5.69 Å². The van der Waals surface area contributed by atoms with E-state index >= 15 is 0 Å². The van der Waals surface area contributed by atoms with Gasteiger partial charge in [0.25, 0.3) is 0 Å². The molecule has 6 nitrogen and oxygen atoms in total. The molecule has 0 aliphatic rings. The molecule has 0 spiro atoms. The van der Waals surface area contributed by atoms with Gasteiger partial charge in [-0.25, -0.2) is 0 Å². The number of nitrogens with one attached hydrogen (secondary N) is 2. The van der Waals surface area contributed by atoms with E-state index in [1.165, 1.54) is 5.56 Å². The zero-order chi connectivity index (χ0) is 22.8. The van der Waals surface area contributed by atoms with Gasteiger partial charge in [-0.1, -0.05) is 29.3 Å². The summed E-state index contributed by atoms with van der Waals surface area (Å²) < 4.78 is 16.8. The van der Waals surface area contributed by atoms with Crippen LogP contribution in [0, 0.1) is 13.8 Å². The summed E-state index contributed by atoms with van der Waals surface area (Å²) >= 11 is 5.30. The van der Waals surface area contributed by atoms with Crippen LogP contribution < -0.4 is 25.0 Å². The SMILES string of the molecule is COc1ccc(OCCOc2ccc(C)cc2C=NNC(=S)Nc2ccc(C)cc2)cc1. The van der Waals surface area contributed by atoms with Crippen LogP contribution in [0.15, 0.2) is 71.8 Å². The third-order valence-corrected chi connectivity index (χ3v) is 4.71. The predicted molar refractivity (Wildman–Crippen MR) is 133 cm³/mol. The van der Waals surface area contributed by atoms with E-state index < -0.39 is 0 Å². The molecule has 0 bridgehead atoms. The first-order chi connectivity index (χ1) is 15.5. The van der Waals surface area contributed by atoms with E-state index in [-0.39, 0.29) is 0 Å². The fourth-order valence-electron chi connectivity index (χ4n) is 2.84. The Morgan fingerprint density at radius 2 is 1.53 bits per heavy atom. The molecule has 32 heavy (non-hydrogen) atoms. The lowest BCUT2D eigenvalue weighted by atomic mass is 10.1. The van der Waals surface area contributed by atoms with Crippen molar-refractivity contribution in [3.05, 3.63) is 83.4 Å². The molecule has 2 N–H and O–H groups in total. The van der Waals surface area contributed by atoms with Crippen molar-refractivity contribution >= 4 is 29.2 Å². The minimum atomic E-state index is 0.400. The zero-order valence-corrected chi connectivity index (χ0v) is 19.2. The summed E-state index contributed by atoms with van der Waals surface area (Å²) in [6, 6.07) is 21.3. The molecule has 3 aromatic rings. The summed E-state index contributed by atoms with van der Waals surface area (Å²) in [4.78, 5) is 0. The molecular weight excluding hydrogens is 422 g/mol. The van der Waals surface area contributed by atoms with Gasteiger partial charge >= 0.3 is 0 Å². The molecule has 0 aliphatic heterocycles. The van der Waals surface area contributed by atoms with Crippen LogP contribution >= 0.6 is 12.2 Å². The van der Waals surface area contributed by atoms with Crippen LogP contribution in [0.3, 0.4) is 0 Å². The van der Waals surface area contributed by atoms with Crippen LogP contribution in [0.2, 0.25) is 0 Å². The number of hydrogen-bond acceptors (Lipinski definition) is 5. The minimum Gasteiger partial charge on any atom is -0.497 e. The highest BCUT2D eigenvalue weighted by Crippen LogP contribution is 2.19. The lowest BCUT2D eigenvalue weighted by molar-refractivity contribution is 0.217. The molecule has 0 amide bonds. The molecule has 0 fully saturated rings. The van der Waals surface area contributed by atoms with Crippen molar-refractivity contribution in [2.75, 3.05) is 25.6 Å². The number of hydrazone groups is 1. The maximum Gasteiger partial charge on any atom is 0.191 e. The number of ether oxygens (including phenoxy) is 3. The maximum atomic E-state index is 5.91. The van der Waals surface area contributed by atoms with Crippen molar-refractivity contribution in [1.82, 2.24) is 5.43 Å². The summed E-state index contributed by atoms with van der Waals surface area (Å²) in [5, 5.41) is 7.75. The Labute approximate surface area is 194 Å². The Kier molecular flexibility index (Phi) is 8.45. The van der Waals surface area contributed by atoms with Crippen molar-refractivity contribution < 1.29 is 14.2 Å².